The predicted octanol–water partition coefficient (Wildman–Crippen LogP) is 6.22. The van der Waals surface area contributed by atoms with Crippen LogP contribution in [0.1, 0.15) is 73.7 Å². The number of alkyl carbamates (subject to hydrolysis) is 1. The first kappa shape index (κ1) is 57.9. The maximum atomic E-state index is 14.3. The molecule has 7 rings (SSSR count). The van der Waals surface area contributed by atoms with Crippen molar-refractivity contribution in [3.8, 4) is 23.0 Å². The van der Waals surface area contributed by atoms with Gasteiger partial charge < -0.3 is 69.5 Å². The van der Waals surface area contributed by atoms with Crippen molar-refractivity contribution in [1.29, 1.82) is 0 Å². The monoisotopic (exact) mass is 1090 g/mol. The van der Waals surface area contributed by atoms with Crippen LogP contribution in [0.2, 0.25) is 0 Å². The van der Waals surface area contributed by atoms with Crippen LogP contribution in [-0.4, -0.2) is 144 Å². The first-order chi connectivity index (χ1) is 37.8. The Morgan fingerprint density at radius 1 is 0.772 bits per heavy atom. The molecule has 0 bridgehead atoms. The molecule has 23 heteroatoms. The third-order valence-electron chi connectivity index (χ3n) is 13.3. The molecule has 0 saturated carbocycles. The van der Waals surface area contributed by atoms with E-state index in [0.717, 1.165) is 10.5 Å². The Morgan fingerprint density at radius 3 is 1.96 bits per heavy atom. The van der Waals surface area contributed by atoms with Gasteiger partial charge in [-0.25, -0.2) is 19.3 Å². The molecule has 7 amide bonds. The summed E-state index contributed by atoms with van der Waals surface area (Å²) in [5.74, 6) is -1.99. The minimum atomic E-state index is -1.60. The minimum Gasteiger partial charge on any atom is -0.493 e. The van der Waals surface area contributed by atoms with Gasteiger partial charge in [0.05, 0.1) is 68.6 Å². The highest BCUT2D eigenvalue weighted by molar-refractivity contribution is 6.07. The van der Waals surface area contributed by atoms with Gasteiger partial charge in [-0.15, -0.1) is 0 Å². The summed E-state index contributed by atoms with van der Waals surface area (Å²) in [4.78, 5) is 98.1. The van der Waals surface area contributed by atoms with Gasteiger partial charge in [0.2, 0.25) is 11.8 Å². The molecule has 3 aromatic rings. The number of methoxy groups -OCH3 is 2. The van der Waals surface area contributed by atoms with Crippen molar-refractivity contribution < 1.29 is 77.3 Å². The number of ether oxygens (including phenoxy) is 6. The highest BCUT2D eigenvalue weighted by atomic mass is 16.6. The lowest BCUT2D eigenvalue weighted by molar-refractivity contribution is -0.128. The van der Waals surface area contributed by atoms with Gasteiger partial charge in [0.1, 0.15) is 31.4 Å². The second kappa shape index (κ2) is 25.5. The summed E-state index contributed by atoms with van der Waals surface area (Å²) < 4.78 is 34.3. The van der Waals surface area contributed by atoms with E-state index in [1.165, 1.54) is 72.4 Å². The molecule has 6 N–H and O–H groups in total. The SMILES string of the molecule is C=CCOC(=O)N[C@@H](C(=O)N[C@H](C)C(=O)Nc1ccc(COC(=O)N2C[C@H]3C(O)C(/C=C/C)=CN3C(=O)c3cc(OC)c(OCCCOc4cc5c(cc4OC)C(=O)N4C=C(/C=C/C)CC4C(O)N5C(=O)O)cc32)cc1)C(C)C. The molecule has 0 aromatic heterocycles. The number of rotatable bonds is 20. The summed E-state index contributed by atoms with van der Waals surface area (Å²) in [6, 6.07) is 8.25. The number of aliphatic hydroxyl groups excluding tert-OH is 2. The molecule has 6 atom stereocenters. The van der Waals surface area contributed by atoms with Crippen LogP contribution in [0.4, 0.5) is 31.4 Å². The highest BCUT2D eigenvalue weighted by Gasteiger charge is 2.46. The summed E-state index contributed by atoms with van der Waals surface area (Å²) in [6.07, 6.45) is 6.01. The Balaban J connectivity index is 1.04. The van der Waals surface area contributed by atoms with E-state index in [-0.39, 0.29) is 97.2 Å². The Labute approximate surface area is 456 Å². The Hall–Kier alpha value is -8.83. The van der Waals surface area contributed by atoms with Crippen LogP contribution in [0.25, 0.3) is 0 Å². The fourth-order valence-corrected chi connectivity index (χ4v) is 9.35. The maximum absolute atomic E-state index is 14.3. The van der Waals surface area contributed by atoms with E-state index in [4.69, 9.17) is 28.4 Å². The van der Waals surface area contributed by atoms with Crippen LogP contribution in [-0.2, 0) is 25.7 Å². The fourth-order valence-electron chi connectivity index (χ4n) is 9.35. The molecule has 4 aliphatic heterocycles. The molecule has 3 unspecified atom stereocenters. The smallest absolute Gasteiger partial charge is 0.414 e. The van der Waals surface area contributed by atoms with E-state index in [9.17, 15) is 48.9 Å². The van der Waals surface area contributed by atoms with Gasteiger partial charge in [0, 0.05) is 36.6 Å². The first-order valence-corrected chi connectivity index (χ1v) is 25.4. The fraction of sp³-hybridized carbons (Fsp3) is 0.375. The number of anilines is 3. The van der Waals surface area contributed by atoms with Gasteiger partial charge >= 0.3 is 18.3 Å². The topological polar surface area (TPSA) is 285 Å². The van der Waals surface area contributed by atoms with Crippen LogP contribution in [0.5, 0.6) is 23.0 Å². The molecule has 4 heterocycles. The number of nitrogens with one attached hydrogen (secondary N) is 3. The summed E-state index contributed by atoms with van der Waals surface area (Å²) in [6.45, 7) is 11.5. The van der Waals surface area contributed by atoms with Gasteiger partial charge in [-0.05, 0) is 74.1 Å². The number of nitrogens with zero attached hydrogens (tertiary/aromatic N) is 4. The highest BCUT2D eigenvalue weighted by Crippen LogP contribution is 2.43. The van der Waals surface area contributed by atoms with Crippen LogP contribution in [0.15, 0.2) is 109 Å². The van der Waals surface area contributed by atoms with E-state index >= 15 is 0 Å². The van der Waals surface area contributed by atoms with Crippen LogP contribution < -0.4 is 44.7 Å². The van der Waals surface area contributed by atoms with E-state index in [0.29, 0.717) is 16.8 Å². The minimum absolute atomic E-state index is 0.00550. The number of amides is 7. The van der Waals surface area contributed by atoms with Crippen molar-refractivity contribution in [2.45, 2.75) is 90.6 Å². The summed E-state index contributed by atoms with van der Waals surface area (Å²) in [5, 5.41) is 40.9. The maximum Gasteiger partial charge on any atom is 0.414 e. The van der Waals surface area contributed by atoms with E-state index in [1.54, 1.807) is 75.5 Å². The van der Waals surface area contributed by atoms with Crippen molar-refractivity contribution in [2.75, 3.05) is 55.7 Å². The first-order valence-electron chi connectivity index (χ1n) is 25.4. The molecular weight excluding hydrogens is 1030 g/mol. The molecule has 0 aliphatic carbocycles. The zero-order chi connectivity index (χ0) is 57.2. The summed E-state index contributed by atoms with van der Waals surface area (Å²) in [5.41, 5.74) is 2.15. The van der Waals surface area contributed by atoms with Crippen LogP contribution in [0, 0.1) is 5.92 Å². The lowest BCUT2D eigenvalue weighted by Gasteiger charge is -2.30. The Morgan fingerprint density at radius 2 is 1.38 bits per heavy atom. The summed E-state index contributed by atoms with van der Waals surface area (Å²) in [7, 11) is 2.76. The third-order valence-corrected chi connectivity index (χ3v) is 13.3. The number of benzene rings is 3. The number of fused-ring (bicyclic) bond motifs is 4. The van der Waals surface area contributed by atoms with Crippen molar-refractivity contribution in [3.05, 3.63) is 126 Å². The number of hydrogen-bond donors (Lipinski definition) is 6. The Kier molecular flexibility index (Phi) is 18.7. The molecule has 3 aromatic carbocycles. The van der Waals surface area contributed by atoms with Gasteiger partial charge in [0.25, 0.3) is 11.8 Å². The van der Waals surface area contributed by atoms with Crippen LogP contribution >= 0.6 is 0 Å². The molecule has 4 aliphatic rings. The van der Waals surface area contributed by atoms with Crippen molar-refractivity contribution in [3.63, 3.8) is 0 Å². The van der Waals surface area contributed by atoms with Gasteiger partial charge in [-0.3, -0.25) is 24.1 Å². The van der Waals surface area contributed by atoms with Crippen molar-refractivity contribution in [1.82, 2.24) is 20.4 Å². The second-order valence-corrected chi connectivity index (χ2v) is 19.0. The van der Waals surface area contributed by atoms with E-state index in [1.807, 2.05) is 6.92 Å². The third kappa shape index (κ3) is 12.8. The predicted molar refractivity (Wildman–Crippen MR) is 288 cm³/mol. The van der Waals surface area contributed by atoms with Gasteiger partial charge in [-0.2, -0.15) is 0 Å². The average Bonchev–Trinajstić information content (AvgIpc) is 4.10. The molecule has 0 saturated heterocycles. The average molecular weight is 1090 g/mol. The number of carbonyl (C=O) groups excluding carboxylic acids is 6. The van der Waals surface area contributed by atoms with E-state index in [2.05, 4.69) is 22.5 Å². The lowest BCUT2D eigenvalue weighted by atomic mass is 10.0. The molecule has 23 nitrogen and oxygen atoms in total. The molecule has 420 valence electrons. The number of carboxylic acid groups (broad SMARTS) is 1. The molecular formula is C56H65N7O16. The normalized spacial score (nSPS) is 19.2. The molecule has 0 spiro atoms. The van der Waals surface area contributed by atoms with Gasteiger partial charge in [0.15, 0.2) is 29.2 Å². The largest absolute Gasteiger partial charge is 0.493 e. The number of hydrogen-bond acceptors (Lipinski definition) is 15. The quantitative estimate of drug-likeness (QED) is 0.0541. The molecule has 0 radical (unpaired) electrons. The molecule has 0 fully saturated rings. The zero-order valence-corrected chi connectivity index (χ0v) is 44.8. The number of aliphatic hydroxyl groups is 2. The molecule has 79 heavy (non-hydrogen) atoms. The zero-order valence-electron chi connectivity index (χ0n) is 44.8. The van der Waals surface area contributed by atoms with Gasteiger partial charge in [-0.1, -0.05) is 62.9 Å². The van der Waals surface area contributed by atoms with Crippen LogP contribution in [0.3, 0.4) is 0 Å². The number of allylic oxidation sites excluding steroid dienone is 3. The van der Waals surface area contributed by atoms with Crippen molar-refractivity contribution in [2.24, 2.45) is 5.92 Å². The Bertz CT molecular complexity index is 2970. The second-order valence-electron chi connectivity index (χ2n) is 19.0. The summed E-state index contributed by atoms with van der Waals surface area (Å²) >= 11 is 0. The number of carbonyl (C=O) groups is 7. The van der Waals surface area contributed by atoms with Crippen molar-refractivity contribution >= 4 is 59.0 Å². The standard InChI is InChI=1S/C56H65N7O16/c1-9-13-34-22-41-53(69)63(55(71)72)40-26-46(44(75-8)24-38(40)52(68)60(41)27-34)77-21-12-20-76-45-25-39-37(23-43(45)74-7)51(67)61-28-35(14-10-2)48(64)42(61)29-62(39)56(73)79-30-33-15-17-36(18-16-33)58-49(65)32(6)57-50(66)47(31(4)5)59-54(70)78-19-11-3/h9-11,13-18,23-28,31-32,41-42,47-48,53,64,69H,3,12,19-22,29-30H2,1-2,4-8H3,(H,57,66)(H,58,65)(H,59,70)(H,71,72)/b13-9+,14-10+/t32-,41?,42+,47-,48?,53?/m1/s1. The lowest BCUT2D eigenvalue weighted by Crippen LogP contribution is -2.53. The van der Waals surface area contributed by atoms with E-state index < -0.39 is 78.4 Å².